The highest BCUT2D eigenvalue weighted by molar-refractivity contribution is 5.80. The summed E-state index contributed by atoms with van der Waals surface area (Å²) in [4.78, 5) is 6.64. The van der Waals surface area contributed by atoms with Crippen LogP contribution in [0.2, 0.25) is 0 Å². The fourth-order valence-corrected chi connectivity index (χ4v) is 2.67. The Balaban J connectivity index is 1.91. The molecule has 0 aliphatic rings. The summed E-state index contributed by atoms with van der Waals surface area (Å²) in [5.74, 6) is 0.812. The maximum absolute atomic E-state index is 4.34. The van der Waals surface area contributed by atoms with Gasteiger partial charge in [-0.2, -0.15) is 0 Å². The van der Waals surface area contributed by atoms with Crippen LogP contribution >= 0.6 is 0 Å². The fourth-order valence-electron chi connectivity index (χ4n) is 2.67. The molecule has 2 rings (SSSR count). The van der Waals surface area contributed by atoms with E-state index in [0.717, 1.165) is 25.6 Å². The predicted octanol–water partition coefficient (Wildman–Crippen LogP) is 3.56. The zero-order valence-electron chi connectivity index (χ0n) is 15.8. The molecular weight excluding hydrogens is 308 g/mol. The van der Waals surface area contributed by atoms with Gasteiger partial charge in [0.25, 0.3) is 0 Å². The molecule has 25 heavy (non-hydrogen) atoms. The molecule has 4 heteroatoms. The van der Waals surface area contributed by atoms with Gasteiger partial charge in [-0.1, -0.05) is 61.5 Å². The molecule has 0 amide bonds. The van der Waals surface area contributed by atoms with E-state index in [0.29, 0.717) is 0 Å². The topological polar surface area (TPSA) is 39.7 Å². The van der Waals surface area contributed by atoms with Gasteiger partial charge in [0.2, 0.25) is 0 Å². The van der Waals surface area contributed by atoms with Gasteiger partial charge in [0.05, 0.1) is 6.04 Å². The molecule has 0 saturated heterocycles. The average Bonchev–Trinajstić information content (AvgIpc) is 2.65. The smallest absolute Gasteiger partial charge is 0.191 e. The van der Waals surface area contributed by atoms with Crippen LogP contribution in [0, 0.1) is 0 Å². The molecule has 0 aliphatic heterocycles. The van der Waals surface area contributed by atoms with Gasteiger partial charge in [0.1, 0.15) is 0 Å². The van der Waals surface area contributed by atoms with Crippen LogP contribution in [0.3, 0.4) is 0 Å². The second kappa shape index (κ2) is 9.84. The minimum Gasteiger partial charge on any atom is -0.352 e. The summed E-state index contributed by atoms with van der Waals surface area (Å²) in [6, 6.07) is 19.3. The third-order valence-corrected chi connectivity index (χ3v) is 4.32. The Morgan fingerprint density at radius 2 is 1.80 bits per heavy atom. The molecule has 2 aromatic rings. The molecule has 0 saturated carbocycles. The maximum atomic E-state index is 4.34. The summed E-state index contributed by atoms with van der Waals surface area (Å²) in [7, 11) is 3.95. The van der Waals surface area contributed by atoms with Crippen molar-refractivity contribution in [2.75, 3.05) is 20.6 Å². The lowest BCUT2D eigenvalue weighted by Gasteiger charge is -2.19. The fraction of sp³-hybridized carbons (Fsp3) is 0.381. The quantitative estimate of drug-likeness (QED) is 0.599. The first-order valence-electron chi connectivity index (χ1n) is 8.91. The van der Waals surface area contributed by atoms with Gasteiger partial charge in [-0.3, -0.25) is 4.99 Å². The lowest BCUT2D eigenvalue weighted by Crippen LogP contribution is -2.38. The highest BCUT2D eigenvalue weighted by Gasteiger charge is 2.07. The first-order chi connectivity index (χ1) is 12.1. The van der Waals surface area contributed by atoms with Crippen LogP contribution in [0.1, 0.15) is 36.6 Å². The third kappa shape index (κ3) is 6.24. The van der Waals surface area contributed by atoms with Crippen molar-refractivity contribution < 1.29 is 0 Å². The largest absolute Gasteiger partial charge is 0.352 e. The summed E-state index contributed by atoms with van der Waals surface area (Å²) in [6.07, 6.45) is 0. The highest BCUT2D eigenvalue weighted by Crippen LogP contribution is 2.11. The van der Waals surface area contributed by atoms with Crippen LogP contribution in [-0.2, 0) is 13.1 Å². The Morgan fingerprint density at radius 1 is 1.08 bits per heavy atom. The Bertz CT molecular complexity index is 667. The van der Waals surface area contributed by atoms with Gasteiger partial charge in [0.15, 0.2) is 5.96 Å². The molecule has 4 nitrogen and oxygen atoms in total. The summed E-state index contributed by atoms with van der Waals surface area (Å²) in [5.41, 5.74) is 3.84. The van der Waals surface area contributed by atoms with E-state index >= 15 is 0 Å². The van der Waals surface area contributed by atoms with Crippen LogP contribution in [-0.4, -0.2) is 31.5 Å². The first-order valence-corrected chi connectivity index (χ1v) is 8.91. The summed E-state index contributed by atoms with van der Waals surface area (Å²) in [6.45, 7) is 7.10. The molecule has 2 aromatic carbocycles. The number of rotatable bonds is 7. The molecule has 0 aliphatic carbocycles. The van der Waals surface area contributed by atoms with Crippen LogP contribution in [0.25, 0.3) is 0 Å². The Kier molecular flexibility index (Phi) is 7.48. The lowest BCUT2D eigenvalue weighted by atomic mass is 10.1. The number of nitrogens with zero attached hydrogens (tertiary/aromatic N) is 2. The van der Waals surface area contributed by atoms with Gasteiger partial charge >= 0.3 is 0 Å². The van der Waals surface area contributed by atoms with Crippen LogP contribution in [0.5, 0.6) is 0 Å². The molecule has 0 heterocycles. The van der Waals surface area contributed by atoms with Gasteiger partial charge < -0.3 is 15.5 Å². The number of hydrogen-bond donors (Lipinski definition) is 2. The summed E-state index contributed by atoms with van der Waals surface area (Å²) >= 11 is 0. The van der Waals surface area contributed by atoms with Gasteiger partial charge in [-0.15, -0.1) is 0 Å². The standard InChI is InChI=1S/C21H30N4/c1-5-25(4)16-19-11-9-10-18(14-19)15-23-21(22-3)24-17(2)20-12-7-6-8-13-20/h6-14,17H,5,15-16H2,1-4H3,(H2,22,23,24). The molecule has 0 bridgehead atoms. The monoisotopic (exact) mass is 338 g/mol. The number of guanidine groups is 1. The minimum absolute atomic E-state index is 0.205. The SMILES string of the molecule is CCN(C)Cc1cccc(CNC(=NC)NC(C)c2ccccc2)c1. The van der Waals surface area contributed by atoms with Crippen molar-refractivity contribution in [3.63, 3.8) is 0 Å². The average molecular weight is 338 g/mol. The van der Waals surface area contributed by atoms with Gasteiger partial charge in [-0.05, 0) is 37.2 Å². The molecule has 1 unspecified atom stereocenters. The highest BCUT2D eigenvalue weighted by atomic mass is 15.2. The van der Waals surface area contributed by atoms with E-state index in [4.69, 9.17) is 0 Å². The molecule has 1 atom stereocenters. The molecule has 0 aromatic heterocycles. The molecule has 0 spiro atoms. The zero-order valence-corrected chi connectivity index (χ0v) is 15.8. The van der Waals surface area contributed by atoms with Crippen molar-refractivity contribution in [2.45, 2.75) is 33.0 Å². The zero-order chi connectivity index (χ0) is 18.1. The van der Waals surface area contributed by atoms with Crippen LogP contribution in [0.15, 0.2) is 59.6 Å². The van der Waals surface area contributed by atoms with Crippen molar-refractivity contribution in [3.8, 4) is 0 Å². The van der Waals surface area contributed by atoms with E-state index in [2.05, 4.69) is 90.0 Å². The number of benzene rings is 2. The van der Waals surface area contributed by atoms with E-state index in [1.807, 2.05) is 6.07 Å². The van der Waals surface area contributed by atoms with Crippen molar-refractivity contribution in [3.05, 3.63) is 71.3 Å². The number of nitrogens with one attached hydrogen (secondary N) is 2. The lowest BCUT2D eigenvalue weighted by molar-refractivity contribution is 0.345. The third-order valence-electron chi connectivity index (χ3n) is 4.32. The van der Waals surface area contributed by atoms with Gasteiger partial charge in [-0.25, -0.2) is 0 Å². The van der Waals surface area contributed by atoms with E-state index in [9.17, 15) is 0 Å². The van der Waals surface area contributed by atoms with Crippen molar-refractivity contribution in [1.29, 1.82) is 0 Å². The number of aliphatic imine (C=N–C) groups is 1. The Hall–Kier alpha value is -2.33. The first kappa shape index (κ1) is 19.0. The minimum atomic E-state index is 0.205. The maximum Gasteiger partial charge on any atom is 0.191 e. The molecule has 134 valence electrons. The van der Waals surface area contributed by atoms with Gasteiger partial charge in [0, 0.05) is 20.1 Å². The van der Waals surface area contributed by atoms with Crippen molar-refractivity contribution in [2.24, 2.45) is 4.99 Å². The van der Waals surface area contributed by atoms with Crippen molar-refractivity contribution in [1.82, 2.24) is 15.5 Å². The summed E-state index contributed by atoms with van der Waals surface area (Å²) in [5, 5.41) is 6.85. The van der Waals surface area contributed by atoms with E-state index in [1.165, 1.54) is 16.7 Å². The predicted molar refractivity (Wildman–Crippen MR) is 107 cm³/mol. The summed E-state index contributed by atoms with van der Waals surface area (Å²) < 4.78 is 0. The molecule has 0 fully saturated rings. The van der Waals surface area contributed by atoms with E-state index < -0.39 is 0 Å². The van der Waals surface area contributed by atoms with Crippen molar-refractivity contribution >= 4 is 5.96 Å². The Morgan fingerprint density at radius 3 is 2.48 bits per heavy atom. The molecule has 2 N–H and O–H groups in total. The Labute approximate surface area is 152 Å². The second-order valence-electron chi connectivity index (χ2n) is 6.35. The van der Waals surface area contributed by atoms with Crippen LogP contribution < -0.4 is 10.6 Å². The van der Waals surface area contributed by atoms with Crippen LogP contribution in [0.4, 0.5) is 0 Å². The molecular formula is C21H30N4. The van der Waals surface area contributed by atoms with E-state index in [1.54, 1.807) is 7.05 Å². The number of hydrogen-bond acceptors (Lipinski definition) is 2. The molecule has 0 radical (unpaired) electrons. The second-order valence-corrected chi connectivity index (χ2v) is 6.35. The normalized spacial score (nSPS) is 12.9. The van der Waals surface area contributed by atoms with E-state index in [-0.39, 0.29) is 6.04 Å².